The third kappa shape index (κ3) is 3.64. The van der Waals surface area contributed by atoms with E-state index in [4.69, 9.17) is 9.47 Å². The van der Waals surface area contributed by atoms with Crippen molar-refractivity contribution in [3.05, 3.63) is 65.2 Å². The largest absolute Gasteiger partial charge is 0.462 e. The molecule has 4 nitrogen and oxygen atoms in total. The molecular formula is C28H32O4. The average Bonchev–Trinajstić information content (AvgIpc) is 3.15. The molecule has 0 unspecified atom stereocenters. The average molecular weight is 433 g/mol. The predicted molar refractivity (Wildman–Crippen MR) is 123 cm³/mol. The molecule has 2 fully saturated rings. The Labute approximate surface area is 190 Å². The molecule has 0 aromatic heterocycles. The molecular weight excluding hydrogens is 400 g/mol. The Hall–Kier alpha value is -2.62. The summed E-state index contributed by atoms with van der Waals surface area (Å²) < 4.78 is 11.5. The first-order chi connectivity index (χ1) is 15.5. The van der Waals surface area contributed by atoms with E-state index in [9.17, 15) is 9.59 Å². The molecule has 0 N–H and O–H groups in total. The van der Waals surface area contributed by atoms with Gasteiger partial charge in [-0.1, -0.05) is 38.1 Å². The van der Waals surface area contributed by atoms with Crippen molar-refractivity contribution in [3.63, 3.8) is 0 Å². The van der Waals surface area contributed by atoms with Crippen LogP contribution in [0.25, 0.3) is 0 Å². The Morgan fingerprint density at radius 1 is 1.03 bits per heavy atom. The number of esters is 2. The molecule has 4 heteroatoms. The van der Waals surface area contributed by atoms with Crippen LogP contribution in [0.3, 0.4) is 0 Å². The summed E-state index contributed by atoms with van der Waals surface area (Å²) in [7, 11) is 0. The van der Waals surface area contributed by atoms with Gasteiger partial charge in [-0.15, -0.1) is 0 Å². The van der Waals surface area contributed by atoms with Crippen molar-refractivity contribution in [2.24, 2.45) is 17.3 Å². The SMILES string of the molecule is CCC(=O)O[C@H]1CC[C@H]2[C@@H]3CCc4cc(OC(=O)c5ccccc5)ccc4[C@H]3CC[C@]12C. The van der Waals surface area contributed by atoms with Crippen molar-refractivity contribution in [1.82, 2.24) is 0 Å². The van der Waals surface area contributed by atoms with Crippen LogP contribution in [-0.4, -0.2) is 18.0 Å². The summed E-state index contributed by atoms with van der Waals surface area (Å²) in [6.45, 7) is 4.23. The van der Waals surface area contributed by atoms with Gasteiger partial charge in [-0.3, -0.25) is 4.79 Å². The number of carbonyl (C=O) groups excluding carboxylic acids is 2. The molecule has 3 aliphatic carbocycles. The number of benzene rings is 2. The molecule has 0 aliphatic heterocycles. The minimum Gasteiger partial charge on any atom is -0.462 e. The maximum absolute atomic E-state index is 12.4. The summed E-state index contributed by atoms with van der Waals surface area (Å²) in [5.41, 5.74) is 3.42. The number of hydrogen-bond acceptors (Lipinski definition) is 4. The predicted octanol–water partition coefficient (Wildman–Crippen LogP) is 6.08. The Morgan fingerprint density at radius 3 is 2.62 bits per heavy atom. The molecule has 2 aromatic carbocycles. The smallest absolute Gasteiger partial charge is 0.343 e. The first kappa shape index (κ1) is 21.2. The lowest BCUT2D eigenvalue weighted by molar-refractivity contribution is -0.157. The second kappa shape index (κ2) is 8.38. The zero-order valence-corrected chi connectivity index (χ0v) is 19.0. The van der Waals surface area contributed by atoms with Crippen LogP contribution in [0, 0.1) is 17.3 Å². The zero-order valence-electron chi connectivity index (χ0n) is 19.0. The van der Waals surface area contributed by atoms with Crippen LogP contribution in [0.2, 0.25) is 0 Å². The van der Waals surface area contributed by atoms with Crippen molar-refractivity contribution in [1.29, 1.82) is 0 Å². The summed E-state index contributed by atoms with van der Waals surface area (Å²) in [5.74, 6) is 2.06. The molecule has 3 aliphatic rings. The van der Waals surface area contributed by atoms with Gasteiger partial charge in [0.1, 0.15) is 11.9 Å². The van der Waals surface area contributed by atoms with Crippen LogP contribution in [0.1, 0.15) is 79.8 Å². The molecule has 0 amide bonds. The van der Waals surface area contributed by atoms with Crippen molar-refractivity contribution < 1.29 is 19.1 Å². The third-order valence-electron chi connectivity index (χ3n) is 8.39. The molecule has 5 atom stereocenters. The van der Waals surface area contributed by atoms with Crippen molar-refractivity contribution in [2.45, 2.75) is 70.8 Å². The highest BCUT2D eigenvalue weighted by molar-refractivity contribution is 5.91. The van der Waals surface area contributed by atoms with Crippen LogP contribution in [0.4, 0.5) is 0 Å². The summed E-state index contributed by atoms with van der Waals surface area (Å²) in [4.78, 5) is 24.4. The standard InChI is InChI=1S/C28H32O4/c1-3-26(29)32-25-14-13-24-23-11-9-19-17-20(31-27(30)18-7-5-4-6-8-18)10-12-21(19)22(23)15-16-28(24,25)2/h4-8,10,12,17,22-25H,3,9,11,13-16H2,1-2H3/t22-,23-,24+,25+,28+/m1/s1. The first-order valence-corrected chi connectivity index (χ1v) is 12.1. The second-order valence-corrected chi connectivity index (χ2v) is 9.99. The van der Waals surface area contributed by atoms with E-state index >= 15 is 0 Å². The number of fused-ring (bicyclic) bond motifs is 5. The number of aryl methyl sites for hydroxylation is 1. The van der Waals surface area contributed by atoms with Crippen molar-refractivity contribution in [2.75, 3.05) is 0 Å². The van der Waals surface area contributed by atoms with E-state index in [2.05, 4.69) is 19.1 Å². The van der Waals surface area contributed by atoms with Crippen LogP contribution in [0.15, 0.2) is 48.5 Å². The fourth-order valence-electron chi connectivity index (χ4n) is 6.75. The van der Waals surface area contributed by atoms with Gasteiger partial charge >= 0.3 is 11.9 Å². The van der Waals surface area contributed by atoms with Gasteiger partial charge < -0.3 is 9.47 Å². The van der Waals surface area contributed by atoms with Gasteiger partial charge in [-0.25, -0.2) is 4.79 Å². The second-order valence-electron chi connectivity index (χ2n) is 9.99. The molecule has 2 aromatic rings. The summed E-state index contributed by atoms with van der Waals surface area (Å²) in [5, 5.41) is 0. The van der Waals surface area contributed by atoms with Gasteiger partial charge in [0.25, 0.3) is 0 Å². The fourth-order valence-corrected chi connectivity index (χ4v) is 6.75. The van der Waals surface area contributed by atoms with Crippen LogP contribution in [0.5, 0.6) is 5.75 Å². The Kier molecular flexibility index (Phi) is 5.56. The Balaban J connectivity index is 1.33. The van der Waals surface area contributed by atoms with Gasteiger partial charge in [-0.2, -0.15) is 0 Å². The number of hydrogen-bond donors (Lipinski definition) is 0. The maximum atomic E-state index is 12.4. The highest BCUT2D eigenvalue weighted by atomic mass is 16.5. The molecule has 0 radical (unpaired) electrons. The summed E-state index contributed by atoms with van der Waals surface area (Å²) in [6.07, 6.45) is 7.08. The molecule has 0 heterocycles. The first-order valence-electron chi connectivity index (χ1n) is 12.1. The Bertz CT molecular complexity index is 1010. The molecule has 168 valence electrons. The van der Waals surface area contributed by atoms with E-state index < -0.39 is 0 Å². The third-order valence-corrected chi connectivity index (χ3v) is 8.39. The van der Waals surface area contributed by atoms with Gasteiger partial charge in [0.05, 0.1) is 5.56 Å². The molecule has 5 rings (SSSR count). The highest BCUT2D eigenvalue weighted by Gasteiger charge is 2.56. The summed E-state index contributed by atoms with van der Waals surface area (Å²) in [6, 6.07) is 15.3. The minimum absolute atomic E-state index is 0.0643. The van der Waals surface area contributed by atoms with Crippen LogP contribution >= 0.6 is 0 Å². The molecule has 0 saturated heterocycles. The van der Waals surface area contributed by atoms with Crippen molar-refractivity contribution >= 4 is 11.9 Å². The van der Waals surface area contributed by atoms with Crippen molar-refractivity contribution in [3.8, 4) is 5.75 Å². The van der Waals surface area contributed by atoms with E-state index in [-0.39, 0.29) is 23.5 Å². The molecule has 32 heavy (non-hydrogen) atoms. The lowest BCUT2D eigenvalue weighted by Crippen LogP contribution is -2.45. The normalized spacial score (nSPS) is 30.6. The van der Waals surface area contributed by atoms with E-state index in [1.54, 1.807) is 12.1 Å². The lowest BCUT2D eigenvalue weighted by Gasteiger charge is -2.50. The number of rotatable bonds is 4. The zero-order chi connectivity index (χ0) is 22.3. The van der Waals surface area contributed by atoms with Gasteiger partial charge in [-0.05, 0) is 91.7 Å². The Morgan fingerprint density at radius 2 is 1.84 bits per heavy atom. The quantitative estimate of drug-likeness (QED) is 0.434. The fraction of sp³-hybridized carbons (Fsp3) is 0.500. The van der Waals surface area contributed by atoms with E-state index in [1.165, 1.54) is 11.1 Å². The topological polar surface area (TPSA) is 52.6 Å². The molecule has 0 spiro atoms. The molecule has 2 saturated carbocycles. The van der Waals surface area contributed by atoms with E-state index in [1.807, 2.05) is 31.2 Å². The minimum atomic E-state index is -0.314. The number of carbonyl (C=O) groups is 2. The monoisotopic (exact) mass is 432 g/mol. The van der Waals surface area contributed by atoms with Gasteiger partial charge in [0, 0.05) is 11.8 Å². The van der Waals surface area contributed by atoms with Gasteiger partial charge in [0.2, 0.25) is 0 Å². The lowest BCUT2D eigenvalue weighted by atomic mass is 9.55. The van der Waals surface area contributed by atoms with Crippen LogP contribution in [-0.2, 0) is 16.0 Å². The van der Waals surface area contributed by atoms with E-state index in [0.29, 0.717) is 35.5 Å². The van der Waals surface area contributed by atoms with Gasteiger partial charge in [0.15, 0.2) is 0 Å². The number of ether oxygens (including phenoxy) is 2. The maximum Gasteiger partial charge on any atom is 0.343 e. The van der Waals surface area contributed by atoms with E-state index in [0.717, 1.165) is 38.5 Å². The summed E-state index contributed by atoms with van der Waals surface area (Å²) >= 11 is 0. The highest BCUT2D eigenvalue weighted by Crippen LogP contribution is 2.61. The van der Waals surface area contributed by atoms with Crippen LogP contribution < -0.4 is 4.74 Å². The molecule has 0 bridgehead atoms.